The van der Waals surface area contributed by atoms with E-state index in [9.17, 15) is 0 Å². The predicted octanol–water partition coefficient (Wildman–Crippen LogP) is 1.05. The minimum absolute atomic E-state index is 0.590. The van der Waals surface area contributed by atoms with Crippen LogP contribution in [0.15, 0.2) is 18.2 Å². The second kappa shape index (κ2) is 2.40. The third-order valence-electron chi connectivity index (χ3n) is 1.47. The average molecular weight is 278 g/mol. The maximum absolute atomic E-state index is 5.58. The first kappa shape index (κ1) is 7.93. The summed E-state index contributed by atoms with van der Waals surface area (Å²) >= 11 is 1.87. The standard InChI is InChI=1S/C7H7IN2O2/c8-7(10)11-5-2-1-4(9)3-6(5)12-7/h1-3H,9-10H2. The van der Waals surface area contributed by atoms with Crippen molar-refractivity contribution < 1.29 is 9.47 Å². The molecule has 0 saturated heterocycles. The van der Waals surface area contributed by atoms with Gasteiger partial charge in [0.15, 0.2) is 11.5 Å². The maximum atomic E-state index is 5.58. The van der Waals surface area contributed by atoms with Gasteiger partial charge in [0.25, 0.3) is 0 Å². The molecule has 1 heterocycles. The van der Waals surface area contributed by atoms with Gasteiger partial charge < -0.3 is 15.2 Å². The smallest absolute Gasteiger partial charge is 0.365 e. The van der Waals surface area contributed by atoms with Gasteiger partial charge in [-0.15, -0.1) is 0 Å². The first-order valence-electron chi connectivity index (χ1n) is 3.32. The highest BCUT2D eigenvalue weighted by atomic mass is 127. The van der Waals surface area contributed by atoms with Crippen LogP contribution in [0.5, 0.6) is 11.5 Å². The quantitative estimate of drug-likeness (QED) is 0.322. The third kappa shape index (κ3) is 1.29. The summed E-state index contributed by atoms with van der Waals surface area (Å²) in [6.45, 7) is 0. The lowest BCUT2D eigenvalue weighted by Gasteiger charge is -2.13. The molecule has 0 aliphatic carbocycles. The normalized spacial score (nSPS) is 25.8. The Morgan fingerprint density at radius 3 is 2.67 bits per heavy atom. The van der Waals surface area contributed by atoms with Gasteiger partial charge in [0, 0.05) is 34.3 Å². The number of nitrogens with two attached hydrogens (primary N) is 2. The summed E-state index contributed by atoms with van der Waals surface area (Å²) in [6, 6.07) is 5.15. The molecule has 0 bridgehead atoms. The average Bonchev–Trinajstić information content (AvgIpc) is 2.21. The fraction of sp³-hybridized carbons (Fsp3) is 0.143. The third-order valence-corrected chi connectivity index (χ3v) is 1.91. The lowest BCUT2D eigenvalue weighted by molar-refractivity contribution is 0.0372. The molecule has 12 heavy (non-hydrogen) atoms. The zero-order valence-corrected chi connectivity index (χ0v) is 8.24. The molecule has 1 aromatic rings. The fourth-order valence-corrected chi connectivity index (χ4v) is 1.48. The molecule has 0 amide bonds. The van der Waals surface area contributed by atoms with Crippen molar-refractivity contribution in [2.24, 2.45) is 5.73 Å². The first-order chi connectivity index (χ1) is 5.57. The Kier molecular flexibility index (Phi) is 1.58. The molecule has 0 saturated carbocycles. The van der Waals surface area contributed by atoms with Crippen molar-refractivity contribution in [1.82, 2.24) is 0 Å². The fourth-order valence-electron chi connectivity index (χ4n) is 1.01. The summed E-state index contributed by atoms with van der Waals surface area (Å²) in [7, 11) is 0. The van der Waals surface area contributed by atoms with Gasteiger partial charge in [-0.05, 0) is 12.1 Å². The zero-order valence-electron chi connectivity index (χ0n) is 6.08. The van der Waals surface area contributed by atoms with Crippen LogP contribution >= 0.6 is 22.6 Å². The molecule has 0 fully saturated rings. The van der Waals surface area contributed by atoms with E-state index in [1.807, 2.05) is 22.6 Å². The number of ether oxygens (including phenoxy) is 2. The minimum atomic E-state index is -1.09. The molecule has 0 radical (unpaired) electrons. The predicted molar refractivity (Wildman–Crippen MR) is 53.0 cm³/mol. The number of fused-ring (bicyclic) bond motifs is 1. The molecule has 5 heteroatoms. The van der Waals surface area contributed by atoms with E-state index in [1.165, 1.54) is 0 Å². The van der Waals surface area contributed by atoms with Crippen LogP contribution in [0.3, 0.4) is 0 Å². The Hall–Kier alpha value is -0.690. The van der Waals surface area contributed by atoms with Gasteiger partial charge in [0.05, 0.1) is 0 Å². The Morgan fingerprint density at radius 2 is 1.92 bits per heavy atom. The summed E-state index contributed by atoms with van der Waals surface area (Å²) in [4.78, 5) is 0. The molecule has 0 aromatic heterocycles. The highest BCUT2D eigenvalue weighted by molar-refractivity contribution is 14.1. The Bertz CT molecular complexity index is 327. The molecule has 4 N–H and O–H groups in total. The van der Waals surface area contributed by atoms with Crippen molar-refractivity contribution in [3.05, 3.63) is 18.2 Å². The van der Waals surface area contributed by atoms with Crippen molar-refractivity contribution in [2.45, 2.75) is 3.92 Å². The molecular formula is C7H7IN2O2. The Labute approximate surface area is 83.0 Å². The second-order valence-corrected chi connectivity index (χ2v) is 4.00. The van der Waals surface area contributed by atoms with Crippen LogP contribution in [0.4, 0.5) is 5.69 Å². The van der Waals surface area contributed by atoms with Crippen molar-refractivity contribution in [2.75, 3.05) is 5.73 Å². The van der Waals surface area contributed by atoms with E-state index in [2.05, 4.69) is 0 Å². The molecule has 1 unspecified atom stereocenters. The van der Waals surface area contributed by atoms with E-state index in [0.717, 1.165) is 0 Å². The highest BCUT2D eigenvalue weighted by Gasteiger charge is 2.34. The lowest BCUT2D eigenvalue weighted by Crippen LogP contribution is -2.40. The van der Waals surface area contributed by atoms with E-state index < -0.39 is 3.92 Å². The van der Waals surface area contributed by atoms with Crippen LogP contribution in [0.2, 0.25) is 0 Å². The number of halogens is 1. The van der Waals surface area contributed by atoms with E-state index in [0.29, 0.717) is 17.2 Å². The van der Waals surface area contributed by atoms with Crippen molar-refractivity contribution >= 4 is 28.3 Å². The van der Waals surface area contributed by atoms with E-state index in [-0.39, 0.29) is 0 Å². The van der Waals surface area contributed by atoms with Gasteiger partial charge in [0.2, 0.25) is 0 Å². The number of anilines is 1. The number of alkyl halides is 1. The summed E-state index contributed by atoms with van der Waals surface area (Å²) < 4.78 is 9.38. The number of hydrogen-bond acceptors (Lipinski definition) is 4. The largest absolute Gasteiger partial charge is 0.428 e. The summed E-state index contributed by atoms with van der Waals surface area (Å²) in [6.07, 6.45) is 0. The first-order valence-corrected chi connectivity index (χ1v) is 4.40. The molecule has 1 atom stereocenters. The molecule has 1 aromatic carbocycles. The molecule has 4 nitrogen and oxygen atoms in total. The van der Waals surface area contributed by atoms with Gasteiger partial charge in [-0.2, -0.15) is 0 Å². The monoisotopic (exact) mass is 278 g/mol. The van der Waals surface area contributed by atoms with Crippen LogP contribution in [0.1, 0.15) is 0 Å². The molecule has 2 rings (SSSR count). The van der Waals surface area contributed by atoms with Crippen molar-refractivity contribution in [3.63, 3.8) is 0 Å². The summed E-state index contributed by atoms with van der Waals surface area (Å²) in [5.41, 5.74) is 11.8. The van der Waals surface area contributed by atoms with Gasteiger partial charge in [-0.25, -0.2) is 5.73 Å². The number of benzene rings is 1. The summed E-state index contributed by atoms with van der Waals surface area (Å²) in [5, 5.41) is 0. The molecular weight excluding hydrogens is 271 g/mol. The van der Waals surface area contributed by atoms with Gasteiger partial charge in [-0.1, -0.05) is 0 Å². The number of nitrogen functional groups attached to an aromatic ring is 1. The van der Waals surface area contributed by atoms with Crippen LogP contribution in [0, 0.1) is 0 Å². The SMILES string of the molecule is Nc1ccc2c(c1)OC(N)(I)O2. The molecule has 1 aliphatic rings. The number of hydrogen-bond donors (Lipinski definition) is 2. The Morgan fingerprint density at radius 1 is 1.25 bits per heavy atom. The molecule has 64 valence electrons. The minimum Gasteiger partial charge on any atom is -0.428 e. The van der Waals surface area contributed by atoms with E-state index in [1.54, 1.807) is 18.2 Å². The van der Waals surface area contributed by atoms with Gasteiger partial charge >= 0.3 is 3.92 Å². The maximum Gasteiger partial charge on any atom is 0.365 e. The Balaban J connectivity index is 2.43. The molecule has 1 aliphatic heterocycles. The second-order valence-electron chi connectivity index (χ2n) is 2.49. The lowest BCUT2D eigenvalue weighted by atomic mass is 10.3. The van der Waals surface area contributed by atoms with Crippen LogP contribution in [0.25, 0.3) is 0 Å². The van der Waals surface area contributed by atoms with Crippen LogP contribution in [-0.2, 0) is 0 Å². The highest BCUT2D eigenvalue weighted by Crippen LogP contribution is 2.40. The van der Waals surface area contributed by atoms with Gasteiger partial charge in [-0.3, -0.25) is 0 Å². The molecule has 0 spiro atoms. The topological polar surface area (TPSA) is 70.5 Å². The van der Waals surface area contributed by atoms with Gasteiger partial charge in [0.1, 0.15) is 0 Å². The van der Waals surface area contributed by atoms with Crippen molar-refractivity contribution in [3.8, 4) is 11.5 Å². The van der Waals surface area contributed by atoms with E-state index in [4.69, 9.17) is 20.9 Å². The number of rotatable bonds is 0. The van der Waals surface area contributed by atoms with Crippen LogP contribution in [-0.4, -0.2) is 3.92 Å². The summed E-state index contributed by atoms with van der Waals surface area (Å²) in [5.74, 6) is 1.22. The van der Waals surface area contributed by atoms with E-state index >= 15 is 0 Å². The van der Waals surface area contributed by atoms with Crippen molar-refractivity contribution in [1.29, 1.82) is 0 Å². The zero-order chi connectivity index (χ0) is 8.77. The van der Waals surface area contributed by atoms with Crippen LogP contribution < -0.4 is 20.9 Å².